The van der Waals surface area contributed by atoms with Crippen molar-refractivity contribution in [3.8, 4) is 5.75 Å². The van der Waals surface area contributed by atoms with Gasteiger partial charge in [0.15, 0.2) is 5.69 Å². The summed E-state index contributed by atoms with van der Waals surface area (Å²) in [7, 11) is 0. The molecule has 2 aromatic heterocycles. The lowest BCUT2D eigenvalue weighted by Gasteiger charge is -2.35. The van der Waals surface area contributed by atoms with Crippen LogP contribution in [0.3, 0.4) is 0 Å². The number of halogens is 1. The Bertz CT molecular complexity index is 1020. The van der Waals surface area contributed by atoms with Crippen LogP contribution in [0.15, 0.2) is 54.7 Å². The number of aromatic nitrogens is 2. The van der Waals surface area contributed by atoms with E-state index in [9.17, 15) is 9.90 Å². The first-order valence-corrected chi connectivity index (χ1v) is 10.3. The quantitative estimate of drug-likeness (QED) is 0.718. The van der Waals surface area contributed by atoms with Crippen molar-refractivity contribution in [1.82, 2.24) is 14.5 Å². The summed E-state index contributed by atoms with van der Waals surface area (Å²) in [5.74, 6) is 1.20. The van der Waals surface area contributed by atoms with Crippen molar-refractivity contribution in [2.24, 2.45) is 11.8 Å². The smallest absolute Gasteiger partial charge is 0.274 e. The van der Waals surface area contributed by atoms with E-state index in [1.54, 1.807) is 16.6 Å². The van der Waals surface area contributed by atoms with E-state index in [0.717, 1.165) is 5.52 Å². The lowest BCUT2D eigenvalue weighted by molar-refractivity contribution is -0.0231. The molecule has 3 aromatic rings. The molecule has 1 aliphatic carbocycles. The molecular formula is C22H22ClN3O3. The van der Waals surface area contributed by atoms with Crippen LogP contribution in [0.4, 0.5) is 0 Å². The van der Waals surface area contributed by atoms with E-state index in [4.69, 9.17) is 16.3 Å². The number of hydrogen-bond donors (Lipinski definition) is 1. The van der Waals surface area contributed by atoms with Crippen molar-refractivity contribution in [1.29, 1.82) is 0 Å². The Labute approximate surface area is 173 Å². The molecule has 1 amide bonds. The number of pyridine rings is 1. The number of likely N-dealkylation sites (tertiary alicyclic amines) is 1. The second kappa shape index (κ2) is 7.35. The molecule has 4 atom stereocenters. The molecule has 0 radical (unpaired) electrons. The van der Waals surface area contributed by atoms with Gasteiger partial charge < -0.3 is 14.7 Å². The summed E-state index contributed by atoms with van der Waals surface area (Å²) in [5, 5.41) is 15.6. The Morgan fingerprint density at radius 1 is 1.10 bits per heavy atom. The first kappa shape index (κ1) is 18.5. The molecule has 6 nitrogen and oxygen atoms in total. The summed E-state index contributed by atoms with van der Waals surface area (Å²) in [6.45, 7) is 1.32. The van der Waals surface area contributed by atoms with E-state index in [0.29, 0.717) is 48.3 Å². The summed E-state index contributed by atoms with van der Waals surface area (Å²) in [6.07, 6.45) is 2.34. The molecule has 150 valence electrons. The molecule has 7 heteroatoms. The van der Waals surface area contributed by atoms with Crippen LogP contribution in [0.2, 0.25) is 5.02 Å². The predicted molar refractivity (Wildman–Crippen MR) is 109 cm³/mol. The van der Waals surface area contributed by atoms with Gasteiger partial charge in [-0.3, -0.25) is 4.79 Å². The van der Waals surface area contributed by atoms with Gasteiger partial charge in [0, 0.05) is 24.3 Å². The number of ether oxygens (including phenoxy) is 1. The number of aliphatic hydroxyl groups excluding tert-OH is 1. The maximum absolute atomic E-state index is 13.0. The minimum Gasteiger partial charge on any atom is -0.488 e. The summed E-state index contributed by atoms with van der Waals surface area (Å²) >= 11 is 6.04. The predicted octanol–water partition coefficient (Wildman–Crippen LogP) is 3.28. The van der Waals surface area contributed by atoms with Gasteiger partial charge >= 0.3 is 0 Å². The third-order valence-electron chi connectivity index (χ3n) is 6.04. The average Bonchev–Trinajstić information content (AvgIpc) is 3.31. The van der Waals surface area contributed by atoms with Crippen LogP contribution < -0.4 is 4.74 Å². The molecule has 29 heavy (non-hydrogen) atoms. The fraction of sp³-hybridized carbons (Fsp3) is 0.364. The molecule has 1 N–H and O–H groups in total. The number of rotatable bonds is 3. The number of aliphatic hydroxyl groups is 1. The second-order valence-electron chi connectivity index (χ2n) is 7.98. The molecule has 3 heterocycles. The average molecular weight is 412 g/mol. The van der Waals surface area contributed by atoms with Crippen molar-refractivity contribution in [2.75, 3.05) is 13.1 Å². The Morgan fingerprint density at radius 2 is 1.93 bits per heavy atom. The van der Waals surface area contributed by atoms with Crippen molar-refractivity contribution in [3.63, 3.8) is 0 Å². The van der Waals surface area contributed by atoms with Gasteiger partial charge in [-0.05, 0) is 61.1 Å². The topological polar surface area (TPSA) is 67.1 Å². The molecule has 1 saturated carbocycles. The van der Waals surface area contributed by atoms with Gasteiger partial charge in [-0.2, -0.15) is 5.10 Å². The maximum atomic E-state index is 13.0. The third kappa shape index (κ3) is 3.58. The molecule has 0 bridgehead atoms. The van der Waals surface area contributed by atoms with Crippen molar-refractivity contribution >= 4 is 23.0 Å². The first-order chi connectivity index (χ1) is 14.1. The highest BCUT2D eigenvalue weighted by Gasteiger charge is 2.44. The van der Waals surface area contributed by atoms with Crippen molar-refractivity contribution in [3.05, 3.63) is 65.4 Å². The highest BCUT2D eigenvalue weighted by Crippen LogP contribution is 2.38. The summed E-state index contributed by atoms with van der Waals surface area (Å²) in [4.78, 5) is 14.9. The van der Waals surface area contributed by atoms with Crippen LogP contribution in [0.5, 0.6) is 5.75 Å². The Balaban J connectivity index is 1.28. The Kier molecular flexibility index (Phi) is 4.68. The van der Waals surface area contributed by atoms with Gasteiger partial charge in [-0.25, -0.2) is 4.52 Å². The molecule has 2 fully saturated rings. The molecule has 1 saturated heterocycles. The molecule has 0 unspecified atom stereocenters. The van der Waals surface area contributed by atoms with E-state index in [1.807, 2.05) is 47.5 Å². The van der Waals surface area contributed by atoms with Crippen molar-refractivity contribution in [2.45, 2.75) is 25.0 Å². The van der Waals surface area contributed by atoms with Gasteiger partial charge in [0.05, 0.1) is 11.6 Å². The maximum Gasteiger partial charge on any atom is 0.274 e. The number of fused-ring (bicyclic) bond motifs is 2. The van der Waals surface area contributed by atoms with Crippen LogP contribution in [0, 0.1) is 11.8 Å². The lowest BCUT2D eigenvalue weighted by atomic mass is 9.78. The zero-order chi connectivity index (χ0) is 20.0. The third-order valence-corrected chi connectivity index (χ3v) is 6.28. The van der Waals surface area contributed by atoms with E-state index in [-0.39, 0.29) is 17.9 Å². The Hall–Kier alpha value is -2.57. The van der Waals surface area contributed by atoms with Gasteiger partial charge in [0.25, 0.3) is 5.91 Å². The molecule has 1 aromatic carbocycles. The van der Waals surface area contributed by atoms with E-state index >= 15 is 0 Å². The SMILES string of the molecule is O=C(c1cc2ccccn2n1)N1C[C@H]2C[C@@H](Oc3cccc(Cl)c3)[C@H](O)C[C@H]2C1. The van der Waals surface area contributed by atoms with Gasteiger partial charge in [-0.1, -0.05) is 23.7 Å². The second-order valence-corrected chi connectivity index (χ2v) is 8.42. The normalized spacial score (nSPS) is 26.5. The van der Waals surface area contributed by atoms with Gasteiger partial charge in [0.2, 0.25) is 0 Å². The number of nitrogens with zero attached hydrogens (tertiary/aromatic N) is 3. The summed E-state index contributed by atoms with van der Waals surface area (Å²) in [6, 6.07) is 14.8. The monoisotopic (exact) mass is 411 g/mol. The molecular weight excluding hydrogens is 390 g/mol. The minimum absolute atomic E-state index is 0.0510. The number of carbonyl (C=O) groups is 1. The highest BCUT2D eigenvalue weighted by atomic mass is 35.5. The zero-order valence-electron chi connectivity index (χ0n) is 15.8. The van der Waals surface area contributed by atoms with E-state index < -0.39 is 6.10 Å². The fourth-order valence-electron chi connectivity index (χ4n) is 4.60. The van der Waals surface area contributed by atoms with Crippen LogP contribution in [0.25, 0.3) is 5.52 Å². The number of benzene rings is 1. The summed E-state index contributed by atoms with van der Waals surface area (Å²) in [5.41, 5.74) is 1.36. The number of hydrogen-bond acceptors (Lipinski definition) is 4. The van der Waals surface area contributed by atoms with E-state index in [1.165, 1.54) is 0 Å². The minimum atomic E-state index is -0.555. The van der Waals surface area contributed by atoms with Crippen LogP contribution in [0.1, 0.15) is 23.3 Å². The van der Waals surface area contributed by atoms with Gasteiger partial charge in [0.1, 0.15) is 11.9 Å². The van der Waals surface area contributed by atoms with Crippen LogP contribution in [-0.4, -0.2) is 50.8 Å². The highest BCUT2D eigenvalue weighted by molar-refractivity contribution is 6.30. The molecule has 0 spiro atoms. The van der Waals surface area contributed by atoms with Crippen LogP contribution >= 0.6 is 11.6 Å². The van der Waals surface area contributed by atoms with Gasteiger partial charge in [-0.15, -0.1) is 0 Å². The fourth-order valence-corrected chi connectivity index (χ4v) is 4.78. The van der Waals surface area contributed by atoms with E-state index in [2.05, 4.69) is 5.10 Å². The molecule has 1 aliphatic heterocycles. The zero-order valence-corrected chi connectivity index (χ0v) is 16.6. The number of amides is 1. The molecule has 2 aliphatic rings. The first-order valence-electron chi connectivity index (χ1n) is 9.91. The van der Waals surface area contributed by atoms with Crippen LogP contribution in [-0.2, 0) is 0 Å². The standard InChI is InChI=1S/C22H22ClN3O3/c23-16-4-3-6-18(10-16)29-21-9-15-13-25(12-14(15)8-20(21)27)22(28)19-11-17-5-1-2-7-26(17)24-19/h1-7,10-11,14-15,20-21,27H,8-9,12-13H2/t14-,15+,20+,21+/m0/s1. The van der Waals surface area contributed by atoms with Crippen molar-refractivity contribution < 1.29 is 14.6 Å². The Morgan fingerprint density at radius 3 is 2.72 bits per heavy atom. The number of carbonyl (C=O) groups excluding carboxylic acids is 1. The lowest BCUT2D eigenvalue weighted by Crippen LogP contribution is -2.42. The summed E-state index contributed by atoms with van der Waals surface area (Å²) < 4.78 is 7.74. The largest absolute Gasteiger partial charge is 0.488 e. The molecule has 5 rings (SSSR count).